The molecule has 13 heavy (non-hydrogen) atoms. The van der Waals surface area contributed by atoms with Gasteiger partial charge in [0, 0.05) is 12.6 Å². The van der Waals surface area contributed by atoms with Crippen molar-refractivity contribution in [1.82, 2.24) is 0 Å². The van der Waals surface area contributed by atoms with Crippen LogP contribution in [0.25, 0.3) is 0 Å². The van der Waals surface area contributed by atoms with Crippen LogP contribution < -0.4 is 0 Å². The molecule has 0 fully saturated rings. The molecule has 3 nitrogen and oxygen atoms in total. The monoisotopic (exact) mass is 197 g/mol. The highest BCUT2D eigenvalue weighted by Crippen LogP contribution is 2.12. The SMILES string of the molecule is C=C1CCC=NN=C1CCC(=N)Cl. The first kappa shape index (κ1) is 10.1. The third-order valence-corrected chi connectivity index (χ3v) is 2.01. The van der Waals surface area contributed by atoms with Crippen LogP contribution in [0.5, 0.6) is 0 Å². The van der Waals surface area contributed by atoms with E-state index in [1.165, 1.54) is 0 Å². The minimum atomic E-state index is 0.156. The predicted molar refractivity (Wildman–Crippen MR) is 57.1 cm³/mol. The lowest BCUT2D eigenvalue weighted by Crippen LogP contribution is -2.02. The summed E-state index contributed by atoms with van der Waals surface area (Å²) in [5.74, 6) is 0. The Labute approximate surface area is 82.7 Å². The van der Waals surface area contributed by atoms with Gasteiger partial charge in [-0.25, -0.2) is 0 Å². The number of rotatable bonds is 3. The summed E-state index contributed by atoms with van der Waals surface area (Å²) in [5, 5.41) is 15.1. The molecule has 0 aromatic carbocycles. The fourth-order valence-electron chi connectivity index (χ4n) is 1.08. The van der Waals surface area contributed by atoms with Crippen molar-refractivity contribution in [1.29, 1.82) is 5.41 Å². The van der Waals surface area contributed by atoms with Crippen LogP contribution in [0.3, 0.4) is 0 Å². The predicted octanol–water partition coefficient (Wildman–Crippen LogP) is 2.76. The van der Waals surface area contributed by atoms with Gasteiger partial charge in [0.15, 0.2) is 0 Å². The lowest BCUT2D eigenvalue weighted by Gasteiger charge is -2.03. The molecule has 0 saturated carbocycles. The van der Waals surface area contributed by atoms with Crippen molar-refractivity contribution < 1.29 is 0 Å². The fourth-order valence-corrected chi connectivity index (χ4v) is 1.17. The summed E-state index contributed by atoms with van der Waals surface area (Å²) in [6.07, 6.45) is 4.76. The Morgan fingerprint density at radius 3 is 3.15 bits per heavy atom. The average molecular weight is 198 g/mol. The van der Waals surface area contributed by atoms with Crippen molar-refractivity contribution in [2.45, 2.75) is 25.7 Å². The molecule has 0 bridgehead atoms. The van der Waals surface area contributed by atoms with Gasteiger partial charge >= 0.3 is 0 Å². The first-order chi connectivity index (χ1) is 6.20. The number of hydrogen-bond acceptors (Lipinski definition) is 3. The summed E-state index contributed by atoms with van der Waals surface area (Å²) >= 11 is 5.45. The minimum Gasteiger partial charge on any atom is -0.293 e. The zero-order chi connectivity index (χ0) is 9.68. The molecule has 1 aliphatic rings. The first-order valence-electron chi connectivity index (χ1n) is 4.19. The molecule has 0 aliphatic carbocycles. The van der Waals surface area contributed by atoms with Gasteiger partial charge in [0.1, 0.15) is 0 Å². The maximum absolute atomic E-state index is 7.08. The Bertz CT molecular complexity index is 279. The van der Waals surface area contributed by atoms with Crippen molar-refractivity contribution in [2.75, 3.05) is 0 Å². The molecule has 0 aromatic heterocycles. The molecular formula is C9H12ClN3. The highest BCUT2D eigenvalue weighted by atomic mass is 35.5. The molecule has 0 saturated heterocycles. The van der Waals surface area contributed by atoms with Crippen molar-refractivity contribution in [3.63, 3.8) is 0 Å². The second-order valence-electron chi connectivity index (χ2n) is 2.89. The van der Waals surface area contributed by atoms with Gasteiger partial charge in [-0.15, -0.1) is 0 Å². The number of nitrogens with one attached hydrogen (secondary N) is 1. The fraction of sp³-hybridized carbons (Fsp3) is 0.444. The van der Waals surface area contributed by atoms with E-state index in [0.29, 0.717) is 12.8 Å². The Hall–Kier alpha value is -0.960. The Balaban J connectivity index is 2.55. The Morgan fingerprint density at radius 1 is 1.69 bits per heavy atom. The second kappa shape index (κ2) is 4.92. The van der Waals surface area contributed by atoms with E-state index < -0.39 is 0 Å². The molecule has 1 heterocycles. The van der Waals surface area contributed by atoms with Crippen LogP contribution in [-0.2, 0) is 0 Å². The molecular weight excluding hydrogens is 186 g/mol. The summed E-state index contributed by atoms with van der Waals surface area (Å²) in [7, 11) is 0. The highest BCUT2D eigenvalue weighted by Gasteiger charge is 2.07. The van der Waals surface area contributed by atoms with Crippen LogP contribution in [0, 0.1) is 5.41 Å². The summed E-state index contributed by atoms with van der Waals surface area (Å²) in [5.41, 5.74) is 1.88. The summed E-state index contributed by atoms with van der Waals surface area (Å²) < 4.78 is 0. The largest absolute Gasteiger partial charge is 0.293 e. The topological polar surface area (TPSA) is 48.6 Å². The molecule has 0 aromatic rings. The third-order valence-electron chi connectivity index (χ3n) is 1.82. The van der Waals surface area contributed by atoms with Gasteiger partial charge in [-0.1, -0.05) is 18.2 Å². The highest BCUT2D eigenvalue weighted by molar-refractivity contribution is 6.64. The summed E-state index contributed by atoms with van der Waals surface area (Å²) in [4.78, 5) is 0. The van der Waals surface area contributed by atoms with Crippen molar-refractivity contribution in [3.8, 4) is 0 Å². The molecule has 0 amide bonds. The van der Waals surface area contributed by atoms with Crippen LogP contribution in [0.4, 0.5) is 0 Å². The van der Waals surface area contributed by atoms with E-state index in [0.717, 1.165) is 24.1 Å². The van der Waals surface area contributed by atoms with Crippen LogP contribution >= 0.6 is 11.6 Å². The molecule has 4 heteroatoms. The molecule has 1 rings (SSSR count). The van der Waals surface area contributed by atoms with E-state index in [1.807, 2.05) is 0 Å². The molecule has 0 atom stereocenters. The van der Waals surface area contributed by atoms with E-state index in [2.05, 4.69) is 16.8 Å². The smallest absolute Gasteiger partial charge is 0.0972 e. The van der Waals surface area contributed by atoms with Gasteiger partial charge in [-0.05, 0) is 24.8 Å². The number of nitrogens with zero attached hydrogens (tertiary/aromatic N) is 2. The lowest BCUT2D eigenvalue weighted by molar-refractivity contribution is 1.06. The Kier molecular flexibility index (Phi) is 3.83. The van der Waals surface area contributed by atoms with Crippen LogP contribution in [0.1, 0.15) is 25.7 Å². The second-order valence-corrected chi connectivity index (χ2v) is 3.35. The van der Waals surface area contributed by atoms with E-state index in [4.69, 9.17) is 17.0 Å². The van der Waals surface area contributed by atoms with Crippen LogP contribution in [-0.4, -0.2) is 17.1 Å². The number of allylic oxidation sites excluding steroid dienone is 1. The Morgan fingerprint density at radius 2 is 2.46 bits per heavy atom. The molecule has 70 valence electrons. The van der Waals surface area contributed by atoms with E-state index in [9.17, 15) is 0 Å². The van der Waals surface area contributed by atoms with Crippen LogP contribution in [0.2, 0.25) is 0 Å². The maximum atomic E-state index is 7.08. The van der Waals surface area contributed by atoms with Gasteiger partial charge in [-0.3, -0.25) is 5.41 Å². The normalized spacial score (nSPS) is 16.7. The van der Waals surface area contributed by atoms with Gasteiger partial charge in [0.2, 0.25) is 0 Å². The van der Waals surface area contributed by atoms with Gasteiger partial charge in [0.25, 0.3) is 0 Å². The number of halogens is 1. The van der Waals surface area contributed by atoms with Crippen molar-refractivity contribution >= 4 is 28.7 Å². The van der Waals surface area contributed by atoms with E-state index in [-0.39, 0.29) is 5.17 Å². The van der Waals surface area contributed by atoms with E-state index in [1.54, 1.807) is 6.21 Å². The minimum absolute atomic E-state index is 0.156. The number of hydrogen-bond donors (Lipinski definition) is 1. The van der Waals surface area contributed by atoms with E-state index >= 15 is 0 Å². The molecule has 1 N–H and O–H groups in total. The van der Waals surface area contributed by atoms with Gasteiger partial charge < -0.3 is 0 Å². The zero-order valence-corrected chi connectivity index (χ0v) is 8.14. The quantitative estimate of drug-likeness (QED) is 0.677. The molecule has 1 aliphatic heterocycles. The standard InChI is InChI=1S/C9H12ClN3/c1-7-3-2-6-12-13-8(7)4-5-9(10)11/h6,11H,1-5H2. The lowest BCUT2D eigenvalue weighted by atomic mass is 10.0. The third kappa shape index (κ3) is 3.51. The molecule has 0 unspecified atom stereocenters. The van der Waals surface area contributed by atoms with Gasteiger partial charge in [-0.2, -0.15) is 10.2 Å². The maximum Gasteiger partial charge on any atom is 0.0972 e. The van der Waals surface area contributed by atoms with Crippen LogP contribution in [0.15, 0.2) is 22.4 Å². The molecule has 0 radical (unpaired) electrons. The summed E-state index contributed by atoms with van der Waals surface area (Å²) in [6.45, 7) is 3.91. The van der Waals surface area contributed by atoms with Gasteiger partial charge in [0.05, 0.1) is 10.9 Å². The van der Waals surface area contributed by atoms with Crippen molar-refractivity contribution in [2.24, 2.45) is 10.2 Å². The average Bonchev–Trinajstić information content (AvgIpc) is 2.27. The van der Waals surface area contributed by atoms with Crippen molar-refractivity contribution in [3.05, 3.63) is 12.2 Å². The summed E-state index contributed by atoms with van der Waals surface area (Å²) in [6, 6.07) is 0. The first-order valence-corrected chi connectivity index (χ1v) is 4.57. The molecule has 0 spiro atoms. The zero-order valence-electron chi connectivity index (χ0n) is 7.39.